The maximum atomic E-state index is 5.90. The van der Waals surface area contributed by atoms with Crippen molar-refractivity contribution in [2.45, 2.75) is 32.8 Å². The number of ether oxygens (including phenoxy) is 1. The first-order valence-corrected chi connectivity index (χ1v) is 6.71. The highest BCUT2D eigenvalue weighted by molar-refractivity contribution is 6.34. The Bertz CT molecular complexity index is 324. The molecule has 1 unspecified atom stereocenters. The van der Waals surface area contributed by atoms with E-state index in [4.69, 9.17) is 27.9 Å². The van der Waals surface area contributed by atoms with Crippen LogP contribution in [0.3, 0.4) is 0 Å². The van der Waals surface area contributed by atoms with Gasteiger partial charge in [0, 0.05) is 16.6 Å². The van der Waals surface area contributed by atoms with Gasteiger partial charge in [-0.15, -0.1) is 0 Å². The zero-order valence-electron chi connectivity index (χ0n) is 10.3. The van der Waals surface area contributed by atoms with Gasteiger partial charge in [0.1, 0.15) is 11.9 Å². The minimum absolute atomic E-state index is 0.0985. The summed E-state index contributed by atoms with van der Waals surface area (Å²) in [6, 6.07) is 5.24. The van der Waals surface area contributed by atoms with E-state index in [2.05, 4.69) is 12.2 Å². The van der Waals surface area contributed by atoms with E-state index in [0.717, 1.165) is 13.1 Å². The standard InChI is InChI=1S/C13H19Cl2NO/c1-3-4-5-16-9-10(2)17-13-7-11(14)6-12(15)8-13/h6-8,10,16H,3-5,9H2,1-2H3. The highest BCUT2D eigenvalue weighted by Crippen LogP contribution is 2.24. The lowest BCUT2D eigenvalue weighted by atomic mass is 10.3. The van der Waals surface area contributed by atoms with Gasteiger partial charge in [0.2, 0.25) is 0 Å². The average Bonchev–Trinajstić information content (AvgIpc) is 2.23. The molecule has 1 aromatic carbocycles. The number of unbranched alkanes of at least 4 members (excludes halogenated alkanes) is 1. The van der Waals surface area contributed by atoms with Gasteiger partial charge in [-0.25, -0.2) is 0 Å². The van der Waals surface area contributed by atoms with E-state index in [0.29, 0.717) is 15.8 Å². The summed E-state index contributed by atoms with van der Waals surface area (Å²) in [6.45, 7) is 6.05. The molecule has 0 aromatic heterocycles. The van der Waals surface area contributed by atoms with Crippen LogP contribution in [0.4, 0.5) is 0 Å². The molecule has 4 heteroatoms. The Morgan fingerprint density at radius 1 is 1.24 bits per heavy atom. The minimum Gasteiger partial charge on any atom is -0.489 e. The van der Waals surface area contributed by atoms with E-state index in [1.807, 2.05) is 6.92 Å². The molecule has 0 saturated carbocycles. The molecule has 0 spiro atoms. The fourth-order valence-electron chi connectivity index (χ4n) is 1.48. The van der Waals surface area contributed by atoms with Crippen molar-refractivity contribution in [2.24, 2.45) is 0 Å². The van der Waals surface area contributed by atoms with Crippen molar-refractivity contribution in [1.29, 1.82) is 0 Å². The van der Waals surface area contributed by atoms with Crippen LogP contribution in [0.2, 0.25) is 10.0 Å². The maximum absolute atomic E-state index is 5.90. The molecule has 2 nitrogen and oxygen atoms in total. The average molecular weight is 276 g/mol. The Balaban J connectivity index is 2.36. The summed E-state index contributed by atoms with van der Waals surface area (Å²) in [5.74, 6) is 0.715. The van der Waals surface area contributed by atoms with Crippen molar-refractivity contribution < 1.29 is 4.74 Å². The van der Waals surface area contributed by atoms with E-state index in [9.17, 15) is 0 Å². The van der Waals surface area contributed by atoms with Crippen LogP contribution in [0.5, 0.6) is 5.75 Å². The van der Waals surface area contributed by atoms with Crippen LogP contribution in [0.1, 0.15) is 26.7 Å². The molecule has 0 fully saturated rings. The van der Waals surface area contributed by atoms with E-state index in [1.165, 1.54) is 12.8 Å². The Labute approximate surface area is 113 Å². The van der Waals surface area contributed by atoms with Crippen LogP contribution in [-0.2, 0) is 0 Å². The van der Waals surface area contributed by atoms with Crippen LogP contribution in [-0.4, -0.2) is 19.2 Å². The van der Waals surface area contributed by atoms with Gasteiger partial charge in [-0.1, -0.05) is 36.5 Å². The summed E-state index contributed by atoms with van der Waals surface area (Å²) < 4.78 is 5.72. The molecule has 0 saturated heterocycles. The zero-order valence-corrected chi connectivity index (χ0v) is 11.8. The van der Waals surface area contributed by atoms with E-state index in [-0.39, 0.29) is 6.10 Å². The van der Waals surface area contributed by atoms with E-state index >= 15 is 0 Å². The summed E-state index contributed by atoms with van der Waals surface area (Å²) in [5.41, 5.74) is 0. The van der Waals surface area contributed by atoms with Gasteiger partial charge < -0.3 is 10.1 Å². The summed E-state index contributed by atoms with van der Waals surface area (Å²) in [7, 11) is 0. The summed E-state index contributed by atoms with van der Waals surface area (Å²) in [5, 5.41) is 4.54. The summed E-state index contributed by atoms with van der Waals surface area (Å²) >= 11 is 11.8. The molecular formula is C13H19Cl2NO. The largest absolute Gasteiger partial charge is 0.489 e. The highest BCUT2D eigenvalue weighted by atomic mass is 35.5. The van der Waals surface area contributed by atoms with Gasteiger partial charge in [-0.3, -0.25) is 0 Å². The first-order valence-electron chi connectivity index (χ1n) is 5.95. The Morgan fingerprint density at radius 2 is 1.88 bits per heavy atom. The van der Waals surface area contributed by atoms with Gasteiger partial charge in [0.25, 0.3) is 0 Å². The third-order valence-electron chi connectivity index (χ3n) is 2.31. The summed E-state index contributed by atoms with van der Waals surface area (Å²) in [4.78, 5) is 0. The Morgan fingerprint density at radius 3 is 2.47 bits per heavy atom. The molecule has 1 aromatic rings. The number of rotatable bonds is 7. The van der Waals surface area contributed by atoms with Gasteiger partial charge in [-0.2, -0.15) is 0 Å². The van der Waals surface area contributed by atoms with Gasteiger partial charge in [0.15, 0.2) is 0 Å². The highest BCUT2D eigenvalue weighted by Gasteiger charge is 2.05. The van der Waals surface area contributed by atoms with Crippen LogP contribution in [0.25, 0.3) is 0 Å². The lowest BCUT2D eigenvalue weighted by molar-refractivity contribution is 0.217. The molecule has 0 aliphatic rings. The van der Waals surface area contributed by atoms with Gasteiger partial charge in [0.05, 0.1) is 0 Å². The van der Waals surface area contributed by atoms with Crippen molar-refractivity contribution in [2.75, 3.05) is 13.1 Å². The molecule has 1 N–H and O–H groups in total. The number of halogens is 2. The topological polar surface area (TPSA) is 21.3 Å². The summed E-state index contributed by atoms with van der Waals surface area (Å²) in [6.07, 6.45) is 2.49. The molecule has 17 heavy (non-hydrogen) atoms. The first kappa shape index (κ1) is 14.6. The lowest BCUT2D eigenvalue weighted by Crippen LogP contribution is -2.29. The fourth-order valence-corrected chi connectivity index (χ4v) is 1.98. The molecule has 1 atom stereocenters. The molecular weight excluding hydrogens is 257 g/mol. The van der Waals surface area contributed by atoms with Crippen molar-refractivity contribution in [3.05, 3.63) is 28.2 Å². The van der Waals surface area contributed by atoms with Crippen molar-refractivity contribution >= 4 is 23.2 Å². The van der Waals surface area contributed by atoms with Crippen LogP contribution in [0.15, 0.2) is 18.2 Å². The third-order valence-corrected chi connectivity index (χ3v) is 2.75. The lowest BCUT2D eigenvalue weighted by Gasteiger charge is -2.15. The second-order valence-corrected chi connectivity index (χ2v) is 4.96. The van der Waals surface area contributed by atoms with Crippen LogP contribution >= 0.6 is 23.2 Å². The smallest absolute Gasteiger partial charge is 0.122 e. The first-order chi connectivity index (χ1) is 8.11. The minimum atomic E-state index is 0.0985. The second-order valence-electron chi connectivity index (χ2n) is 4.09. The number of hydrogen-bond acceptors (Lipinski definition) is 2. The fraction of sp³-hybridized carbons (Fsp3) is 0.538. The predicted octanol–water partition coefficient (Wildman–Crippen LogP) is 4.15. The molecule has 0 aliphatic heterocycles. The van der Waals surface area contributed by atoms with E-state index < -0.39 is 0 Å². The number of hydrogen-bond donors (Lipinski definition) is 1. The molecule has 0 amide bonds. The molecule has 1 rings (SSSR count). The second kappa shape index (κ2) is 7.80. The zero-order chi connectivity index (χ0) is 12.7. The van der Waals surface area contributed by atoms with Gasteiger partial charge in [-0.05, 0) is 38.1 Å². The van der Waals surface area contributed by atoms with Crippen LogP contribution < -0.4 is 10.1 Å². The van der Waals surface area contributed by atoms with Crippen LogP contribution in [0, 0.1) is 0 Å². The number of benzene rings is 1. The maximum Gasteiger partial charge on any atom is 0.122 e. The molecule has 0 heterocycles. The van der Waals surface area contributed by atoms with E-state index in [1.54, 1.807) is 18.2 Å². The molecule has 0 aliphatic carbocycles. The molecule has 0 bridgehead atoms. The third kappa shape index (κ3) is 6.16. The van der Waals surface area contributed by atoms with Gasteiger partial charge >= 0.3 is 0 Å². The SMILES string of the molecule is CCCCNCC(C)Oc1cc(Cl)cc(Cl)c1. The van der Waals surface area contributed by atoms with Crippen molar-refractivity contribution in [1.82, 2.24) is 5.32 Å². The normalized spacial score (nSPS) is 12.5. The molecule has 96 valence electrons. The predicted molar refractivity (Wildman–Crippen MR) is 74.3 cm³/mol. The Hall–Kier alpha value is -0.440. The van der Waals surface area contributed by atoms with Crippen molar-refractivity contribution in [3.63, 3.8) is 0 Å². The monoisotopic (exact) mass is 275 g/mol. The Kier molecular flexibility index (Phi) is 6.71. The number of nitrogens with one attached hydrogen (secondary N) is 1. The molecule has 0 radical (unpaired) electrons. The van der Waals surface area contributed by atoms with Crippen molar-refractivity contribution in [3.8, 4) is 5.75 Å². The quantitative estimate of drug-likeness (QED) is 0.755.